The number of carbonyl (C=O) groups is 1. The van der Waals surface area contributed by atoms with Crippen LogP contribution >= 0.6 is 39.0 Å². The number of nitrogens with zero attached hydrogens (tertiary/aromatic N) is 2. The summed E-state index contributed by atoms with van der Waals surface area (Å²) >= 11 is 6.13. The molecular weight excluding hydrogens is 439 g/mol. The molecule has 9 heteroatoms. The molecule has 0 bridgehead atoms. The summed E-state index contributed by atoms with van der Waals surface area (Å²) in [6.07, 6.45) is 0. The van der Waals surface area contributed by atoms with Gasteiger partial charge in [-0.05, 0) is 35.9 Å². The highest BCUT2D eigenvalue weighted by atomic mass is 79.9. The Balaban J connectivity index is 1.45. The second-order valence-electron chi connectivity index (χ2n) is 5.20. The highest BCUT2D eigenvalue weighted by Gasteiger charge is 2.08. The van der Waals surface area contributed by atoms with Gasteiger partial charge in [0.15, 0.2) is 4.34 Å². The molecule has 0 aliphatic carbocycles. The van der Waals surface area contributed by atoms with Gasteiger partial charge in [0.05, 0.1) is 5.75 Å². The fourth-order valence-electron chi connectivity index (χ4n) is 1.99. The molecule has 3 aromatic rings. The summed E-state index contributed by atoms with van der Waals surface area (Å²) in [5.41, 5.74) is 1.75. The molecule has 0 aliphatic heterocycles. The monoisotopic (exact) mass is 452 g/mol. The first-order valence-corrected chi connectivity index (χ1v) is 10.2. The molecule has 1 amide bonds. The van der Waals surface area contributed by atoms with E-state index in [2.05, 4.69) is 36.8 Å². The Labute approximate surface area is 166 Å². The van der Waals surface area contributed by atoms with Gasteiger partial charge in [0, 0.05) is 16.7 Å². The number of aromatic nitrogens is 2. The van der Waals surface area contributed by atoms with Crippen molar-refractivity contribution in [1.29, 1.82) is 0 Å². The van der Waals surface area contributed by atoms with Crippen LogP contribution in [0.2, 0.25) is 0 Å². The van der Waals surface area contributed by atoms with E-state index in [9.17, 15) is 9.18 Å². The van der Waals surface area contributed by atoms with E-state index < -0.39 is 0 Å². The average Bonchev–Trinajstić information content (AvgIpc) is 3.07. The van der Waals surface area contributed by atoms with Gasteiger partial charge in [-0.3, -0.25) is 4.79 Å². The van der Waals surface area contributed by atoms with Crippen LogP contribution in [0.4, 0.5) is 15.2 Å². The lowest BCUT2D eigenvalue weighted by atomic mass is 10.2. The van der Waals surface area contributed by atoms with Gasteiger partial charge >= 0.3 is 0 Å². The van der Waals surface area contributed by atoms with Gasteiger partial charge < -0.3 is 10.6 Å². The highest BCUT2D eigenvalue weighted by molar-refractivity contribution is 9.10. The number of anilines is 2. The molecule has 0 saturated carbocycles. The maximum atomic E-state index is 12.8. The SMILES string of the molecule is O=C(CSc1nnc(Nc2cccc(Br)c2)s1)NCc1ccc(F)cc1. The Morgan fingerprint density at radius 3 is 2.77 bits per heavy atom. The molecule has 134 valence electrons. The van der Waals surface area contributed by atoms with Crippen molar-refractivity contribution in [2.75, 3.05) is 11.1 Å². The number of benzene rings is 2. The van der Waals surface area contributed by atoms with Crippen molar-refractivity contribution in [1.82, 2.24) is 15.5 Å². The third-order valence-corrected chi connectivity index (χ3v) is 5.68. The van der Waals surface area contributed by atoms with Crippen molar-refractivity contribution in [3.63, 3.8) is 0 Å². The zero-order valence-corrected chi connectivity index (χ0v) is 16.6. The molecule has 1 aromatic heterocycles. The van der Waals surface area contributed by atoms with Crippen LogP contribution in [-0.2, 0) is 11.3 Å². The molecule has 0 radical (unpaired) electrons. The van der Waals surface area contributed by atoms with Crippen molar-refractivity contribution in [2.45, 2.75) is 10.9 Å². The summed E-state index contributed by atoms with van der Waals surface area (Å²) in [6, 6.07) is 13.8. The fourth-order valence-corrected chi connectivity index (χ4v) is 3.99. The van der Waals surface area contributed by atoms with Crippen LogP contribution in [0.1, 0.15) is 5.56 Å². The number of rotatable bonds is 7. The lowest BCUT2D eigenvalue weighted by Crippen LogP contribution is -2.24. The van der Waals surface area contributed by atoms with Crippen LogP contribution in [0.15, 0.2) is 57.3 Å². The van der Waals surface area contributed by atoms with E-state index >= 15 is 0 Å². The van der Waals surface area contributed by atoms with Crippen molar-refractivity contribution in [3.8, 4) is 0 Å². The zero-order chi connectivity index (χ0) is 18.4. The number of carbonyl (C=O) groups excluding carboxylic acids is 1. The Morgan fingerprint density at radius 1 is 1.19 bits per heavy atom. The van der Waals surface area contributed by atoms with Crippen molar-refractivity contribution in [3.05, 3.63) is 64.4 Å². The third kappa shape index (κ3) is 5.79. The van der Waals surface area contributed by atoms with Crippen molar-refractivity contribution < 1.29 is 9.18 Å². The summed E-state index contributed by atoms with van der Waals surface area (Å²) in [6.45, 7) is 0.367. The minimum Gasteiger partial charge on any atom is -0.351 e. The standard InChI is InChI=1S/C17H14BrFN4OS2/c18-12-2-1-3-14(8-12)21-16-22-23-17(26-16)25-10-15(24)20-9-11-4-6-13(19)7-5-11/h1-8H,9-10H2,(H,20,24)(H,21,22). The van der Waals surface area contributed by atoms with Gasteiger partial charge in [-0.15, -0.1) is 10.2 Å². The molecule has 0 aliphatic rings. The average molecular weight is 453 g/mol. The van der Waals surface area contributed by atoms with Crippen molar-refractivity contribution >= 4 is 55.8 Å². The second kappa shape index (κ2) is 9.11. The van der Waals surface area contributed by atoms with Gasteiger partial charge in [-0.2, -0.15) is 0 Å². The van der Waals surface area contributed by atoms with Gasteiger partial charge in [0.2, 0.25) is 11.0 Å². The number of halogens is 2. The van der Waals surface area contributed by atoms with Crippen LogP contribution in [-0.4, -0.2) is 21.9 Å². The van der Waals surface area contributed by atoms with E-state index in [1.807, 2.05) is 24.3 Å². The topological polar surface area (TPSA) is 66.9 Å². The smallest absolute Gasteiger partial charge is 0.230 e. The Bertz CT molecular complexity index is 888. The Kier molecular flexibility index (Phi) is 6.59. The lowest BCUT2D eigenvalue weighted by Gasteiger charge is -2.04. The second-order valence-corrected chi connectivity index (χ2v) is 8.32. The first-order valence-electron chi connectivity index (χ1n) is 7.58. The number of amides is 1. The van der Waals surface area contributed by atoms with Crippen LogP contribution < -0.4 is 10.6 Å². The molecular formula is C17H14BrFN4OS2. The van der Waals surface area contributed by atoms with E-state index in [0.717, 1.165) is 15.7 Å². The molecule has 26 heavy (non-hydrogen) atoms. The number of thioether (sulfide) groups is 1. The Morgan fingerprint density at radius 2 is 2.00 bits per heavy atom. The van der Waals surface area contributed by atoms with Crippen LogP contribution in [0.3, 0.4) is 0 Å². The molecule has 0 spiro atoms. The van der Waals surface area contributed by atoms with Gasteiger partial charge in [-0.25, -0.2) is 4.39 Å². The maximum Gasteiger partial charge on any atom is 0.230 e. The minimum atomic E-state index is -0.292. The first kappa shape index (κ1) is 18.8. The van der Waals surface area contributed by atoms with E-state index in [1.54, 1.807) is 12.1 Å². The molecule has 1 heterocycles. The lowest BCUT2D eigenvalue weighted by molar-refractivity contribution is -0.118. The maximum absolute atomic E-state index is 12.8. The highest BCUT2D eigenvalue weighted by Crippen LogP contribution is 2.28. The quantitative estimate of drug-likeness (QED) is 0.513. The summed E-state index contributed by atoms with van der Waals surface area (Å²) < 4.78 is 14.5. The van der Waals surface area contributed by atoms with Gasteiger partial charge in [0.1, 0.15) is 5.82 Å². The number of hydrogen-bond acceptors (Lipinski definition) is 6. The summed E-state index contributed by atoms with van der Waals surface area (Å²) in [7, 11) is 0. The molecule has 5 nitrogen and oxygen atoms in total. The molecule has 0 atom stereocenters. The Hall–Kier alpha value is -1.97. The number of hydrogen-bond donors (Lipinski definition) is 2. The largest absolute Gasteiger partial charge is 0.351 e. The van der Waals surface area contributed by atoms with E-state index in [-0.39, 0.29) is 17.5 Å². The number of nitrogens with one attached hydrogen (secondary N) is 2. The summed E-state index contributed by atoms with van der Waals surface area (Å²) in [5, 5.41) is 14.8. The molecule has 0 fully saturated rings. The zero-order valence-electron chi connectivity index (χ0n) is 13.4. The molecule has 0 unspecified atom stereocenters. The summed E-state index contributed by atoms with van der Waals surface area (Å²) in [4.78, 5) is 11.9. The fraction of sp³-hybridized carbons (Fsp3) is 0.118. The molecule has 2 N–H and O–H groups in total. The first-order chi connectivity index (χ1) is 12.6. The predicted octanol–water partition coefficient (Wildman–Crippen LogP) is 4.59. The predicted molar refractivity (Wildman–Crippen MR) is 106 cm³/mol. The molecule has 0 saturated heterocycles. The van der Waals surface area contributed by atoms with E-state index in [0.29, 0.717) is 16.0 Å². The molecule has 3 rings (SSSR count). The minimum absolute atomic E-state index is 0.115. The normalized spacial score (nSPS) is 10.5. The summed E-state index contributed by atoms with van der Waals surface area (Å²) in [5.74, 6) is -0.164. The van der Waals surface area contributed by atoms with Crippen LogP contribution in [0, 0.1) is 5.82 Å². The van der Waals surface area contributed by atoms with E-state index in [1.165, 1.54) is 35.2 Å². The third-order valence-electron chi connectivity index (χ3n) is 3.21. The van der Waals surface area contributed by atoms with E-state index in [4.69, 9.17) is 0 Å². The van der Waals surface area contributed by atoms with Gasteiger partial charge in [0.25, 0.3) is 0 Å². The molecule has 2 aromatic carbocycles. The van der Waals surface area contributed by atoms with Crippen molar-refractivity contribution in [2.24, 2.45) is 0 Å². The van der Waals surface area contributed by atoms with Crippen LogP contribution in [0.5, 0.6) is 0 Å². The van der Waals surface area contributed by atoms with Gasteiger partial charge in [-0.1, -0.05) is 57.2 Å². The van der Waals surface area contributed by atoms with Crippen LogP contribution in [0.25, 0.3) is 0 Å².